The molecule has 0 unspecified atom stereocenters. The van der Waals surface area contributed by atoms with Crippen molar-refractivity contribution in [1.29, 1.82) is 0 Å². The lowest BCUT2D eigenvalue weighted by Gasteiger charge is -2.36. The molecular weight excluding hydrogens is 447 g/mol. The lowest BCUT2D eigenvalue weighted by atomic mass is 10.2. The Morgan fingerprint density at radius 1 is 0.969 bits per heavy atom. The number of aryl methyl sites for hydroxylation is 1. The van der Waals surface area contributed by atoms with Crippen LogP contribution in [0.2, 0.25) is 10.0 Å². The number of piperazine rings is 1. The van der Waals surface area contributed by atoms with E-state index in [2.05, 4.69) is 25.2 Å². The van der Waals surface area contributed by atoms with Crippen molar-refractivity contribution in [2.75, 3.05) is 44.2 Å². The number of nitrogens with zero attached hydrogens (tertiary/aromatic N) is 6. The first-order chi connectivity index (χ1) is 15.6. The van der Waals surface area contributed by atoms with Crippen LogP contribution in [0, 0.1) is 6.92 Å². The van der Waals surface area contributed by atoms with Gasteiger partial charge in [0.15, 0.2) is 5.82 Å². The highest BCUT2D eigenvalue weighted by Gasteiger charge is 2.19. The van der Waals surface area contributed by atoms with E-state index < -0.39 is 0 Å². The van der Waals surface area contributed by atoms with E-state index in [0.717, 1.165) is 69.2 Å². The summed E-state index contributed by atoms with van der Waals surface area (Å²) in [5.41, 5.74) is 2.15. The average molecular weight is 475 g/mol. The number of rotatable bonds is 9. The Morgan fingerprint density at radius 3 is 2.47 bits per heavy atom. The Morgan fingerprint density at radius 2 is 1.75 bits per heavy atom. The third-order valence-corrected chi connectivity index (χ3v) is 6.39. The summed E-state index contributed by atoms with van der Waals surface area (Å²) in [5.74, 6) is 1.57. The van der Waals surface area contributed by atoms with Crippen molar-refractivity contribution in [1.82, 2.24) is 25.1 Å². The van der Waals surface area contributed by atoms with Crippen molar-refractivity contribution < 1.29 is 4.74 Å². The fourth-order valence-electron chi connectivity index (χ4n) is 3.82. The van der Waals surface area contributed by atoms with Gasteiger partial charge in [-0.05, 0) is 61.4 Å². The van der Waals surface area contributed by atoms with Crippen LogP contribution >= 0.6 is 23.2 Å². The Bertz CT molecular complexity index is 1000. The Hall–Kier alpha value is -2.35. The molecular formula is C23H28Cl2N6O. The quantitative estimate of drug-likeness (QED) is 0.430. The number of tetrazole rings is 1. The molecule has 1 aromatic heterocycles. The highest BCUT2D eigenvalue weighted by molar-refractivity contribution is 6.43. The van der Waals surface area contributed by atoms with Crippen molar-refractivity contribution in [3.8, 4) is 5.75 Å². The van der Waals surface area contributed by atoms with Crippen LogP contribution in [0.4, 0.5) is 5.69 Å². The number of hydrogen-bond donors (Lipinski definition) is 0. The van der Waals surface area contributed by atoms with Gasteiger partial charge in [-0.25, -0.2) is 0 Å². The maximum absolute atomic E-state index is 6.37. The Balaban J connectivity index is 1.12. The molecule has 1 aliphatic rings. The normalized spacial score (nSPS) is 14.7. The van der Waals surface area contributed by atoms with Crippen LogP contribution in [0.15, 0.2) is 42.5 Å². The SMILES string of the molecule is Cc1nnn(Cc2ccc(OCCCCN3CCN(c4cccc(Cl)c4Cl)CC3)cc2)n1. The zero-order valence-corrected chi connectivity index (χ0v) is 19.8. The molecule has 0 atom stereocenters. The van der Waals surface area contributed by atoms with E-state index in [1.54, 1.807) is 4.80 Å². The van der Waals surface area contributed by atoms with Gasteiger partial charge in [0.05, 0.1) is 28.9 Å². The molecule has 3 aromatic rings. The number of anilines is 1. The first kappa shape index (κ1) is 22.8. The minimum atomic E-state index is 0.609. The van der Waals surface area contributed by atoms with Gasteiger partial charge in [0.1, 0.15) is 5.75 Å². The predicted octanol–water partition coefficient (Wildman–Crippen LogP) is 4.32. The van der Waals surface area contributed by atoms with Crippen LogP contribution in [-0.4, -0.2) is 64.4 Å². The summed E-state index contributed by atoms with van der Waals surface area (Å²) in [6.45, 7) is 8.25. The van der Waals surface area contributed by atoms with Gasteiger partial charge in [-0.3, -0.25) is 4.90 Å². The topological polar surface area (TPSA) is 59.3 Å². The predicted molar refractivity (Wildman–Crippen MR) is 128 cm³/mol. The highest BCUT2D eigenvalue weighted by Crippen LogP contribution is 2.32. The third-order valence-electron chi connectivity index (χ3n) is 5.58. The monoisotopic (exact) mass is 474 g/mol. The standard InChI is InChI=1S/C23H28Cl2N6O/c1-18-26-28-31(27-18)17-19-7-9-20(10-8-19)32-16-3-2-11-29-12-14-30(15-13-29)22-6-4-5-21(24)23(22)25/h4-10H,2-3,11-17H2,1H3. The largest absolute Gasteiger partial charge is 0.494 e. The van der Waals surface area contributed by atoms with Crippen molar-refractivity contribution in [3.05, 3.63) is 63.9 Å². The molecule has 2 heterocycles. The summed E-state index contributed by atoms with van der Waals surface area (Å²) in [5, 5.41) is 13.4. The summed E-state index contributed by atoms with van der Waals surface area (Å²) in [4.78, 5) is 6.41. The molecule has 0 N–H and O–H groups in total. The summed E-state index contributed by atoms with van der Waals surface area (Å²) < 4.78 is 5.90. The summed E-state index contributed by atoms with van der Waals surface area (Å²) in [7, 11) is 0. The van der Waals surface area contributed by atoms with Crippen molar-refractivity contribution in [2.45, 2.75) is 26.3 Å². The number of benzene rings is 2. The second kappa shape index (κ2) is 11.0. The summed E-state index contributed by atoms with van der Waals surface area (Å²) in [6, 6.07) is 13.9. The molecule has 0 amide bonds. The maximum Gasteiger partial charge on any atom is 0.171 e. The first-order valence-corrected chi connectivity index (χ1v) is 11.7. The summed E-state index contributed by atoms with van der Waals surface area (Å²) >= 11 is 12.5. The maximum atomic E-state index is 6.37. The molecule has 0 spiro atoms. The molecule has 1 aliphatic heterocycles. The van der Waals surface area contributed by atoms with E-state index >= 15 is 0 Å². The van der Waals surface area contributed by atoms with Crippen molar-refractivity contribution >= 4 is 28.9 Å². The molecule has 2 aromatic carbocycles. The lowest BCUT2D eigenvalue weighted by molar-refractivity contribution is 0.238. The average Bonchev–Trinajstić information content (AvgIpc) is 3.21. The Labute approximate surface area is 198 Å². The molecule has 9 heteroatoms. The first-order valence-electron chi connectivity index (χ1n) is 11.0. The molecule has 32 heavy (non-hydrogen) atoms. The number of aromatic nitrogens is 4. The molecule has 0 bridgehead atoms. The van der Waals surface area contributed by atoms with Gasteiger partial charge in [0.2, 0.25) is 0 Å². The van der Waals surface area contributed by atoms with Gasteiger partial charge in [0.25, 0.3) is 0 Å². The second-order valence-electron chi connectivity index (χ2n) is 7.97. The molecule has 0 saturated carbocycles. The molecule has 4 rings (SSSR count). The fraction of sp³-hybridized carbons (Fsp3) is 0.435. The fourth-order valence-corrected chi connectivity index (χ4v) is 4.24. The van der Waals surface area contributed by atoms with Gasteiger partial charge < -0.3 is 9.64 Å². The zero-order chi connectivity index (χ0) is 22.3. The second-order valence-corrected chi connectivity index (χ2v) is 8.75. The number of halogens is 2. The molecule has 170 valence electrons. The van der Waals surface area contributed by atoms with Crippen LogP contribution in [0.25, 0.3) is 0 Å². The van der Waals surface area contributed by atoms with E-state index in [1.165, 1.54) is 0 Å². The van der Waals surface area contributed by atoms with Crippen molar-refractivity contribution in [2.24, 2.45) is 0 Å². The molecule has 1 saturated heterocycles. The molecule has 7 nitrogen and oxygen atoms in total. The number of unbranched alkanes of at least 4 members (excludes halogenated alkanes) is 1. The molecule has 1 fully saturated rings. The minimum Gasteiger partial charge on any atom is -0.494 e. The highest BCUT2D eigenvalue weighted by atomic mass is 35.5. The van der Waals surface area contributed by atoms with Gasteiger partial charge in [0, 0.05) is 26.2 Å². The van der Waals surface area contributed by atoms with Gasteiger partial charge >= 0.3 is 0 Å². The van der Waals surface area contributed by atoms with Crippen LogP contribution < -0.4 is 9.64 Å². The van der Waals surface area contributed by atoms with Gasteiger partial charge in [-0.2, -0.15) is 4.80 Å². The lowest BCUT2D eigenvalue weighted by Crippen LogP contribution is -2.46. The Kier molecular flexibility index (Phi) is 7.84. The van der Waals surface area contributed by atoms with Gasteiger partial charge in [-0.15, -0.1) is 10.2 Å². The zero-order valence-electron chi connectivity index (χ0n) is 18.3. The van der Waals surface area contributed by atoms with Crippen LogP contribution in [-0.2, 0) is 6.54 Å². The molecule has 0 aliphatic carbocycles. The molecule has 0 radical (unpaired) electrons. The van der Waals surface area contributed by atoms with Crippen LogP contribution in [0.5, 0.6) is 5.75 Å². The van der Waals surface area contributed by atoms with E-state index in [4.69, 9.17) is 27.9 Å². The van der Waals surface area contributed by atoms with E-state index in [9.17, 15) is 0 Å². The van der Waals surface area contributed by atoms with E-state index in [0.29, 0.717) is 22.4 Å². The smallest absolute Gasteiger partial charge is 0.171 e. The van der Waals surface area contributed by atoms with Crippen LogP contribution in [0.3, 0.4) is 0 Å². The number of ether oxygens (including phenoxy) is 1. The summed E-state index contributed by atoms with van der Waals surface area (Å²) in [6.07, 6.45) is 2.15. The van der Waals surface area contributed by atoms with Crippen LogP contribution in [0.1, 0.15) is 24.2 Å². The van der Waals surface area contributed by atoms with Gasteiger partial charge in [-0.1, -0.05) is 41.4 Å². The third kappa shape index (κ3) is 6.12. The van der Waals surface area contributed by atoms with E-state index in [-0.39, 0.29) is 0 Å². The number of hydrogen-bond acceptors (Lipinski definition) is 6. The van der Waals surface area contributed by atoms with Crippen molar-refractivity contribution in [3.63, 3.8) is 0 Å². The van der Waals surface area contributed by atoms with E-state index in [1.807, 2.05) is 49.4 Å². The minimum absolute atomic E-state index is 0.609.